The minimum absolute atomic E-state index is 0.458. The van der Waals surface area contributed by atoms with Gasteiger partial charge in [0.05, 0.1) is 12.2 Å². The number of hydrogen-bond acceptors (Lipinski definition) is 6. The lowest BCUT2D eigenvalue weighted by molar-refractivity contribution is -0.139. The Bertz CT molecular complexity index is 636. The highest BCUT2D eigenvalue weighted by molar-refractivity contribution is 7.15. The summed E-state index contributed by atoms with van der Waals surface area (Å²) in [5.74, 6) is -0.426. The quantitative estimate of drug-likeness (QED) is 0.885. The van der Waals surface area contributed by atoms with Crippen LogP contribution in [-0.2, 0) is 24.8 Å². The van der Waals surface area contributed by atoms with E-state index in [1.807, 2.05) is 11.6 Å². The van der Waals surface area contributed by atoms with E-state index in [4.69, 9.17) is 0 Å². The molecule has 0 saturated carbocycles. The number of carbonyl (C=O) groups is 1. The SMILES string of the molecule is Cn1cnnc1CNc1nc2c(s1)CCCC2C(=O)O. The molecule has 0 radical (unpaired) electrons. The van der Waals surface area contributed by atoms with Crippen LogP contribution in [-0.4, -0.2) is 30.8 Å². The molecule has 0 bridgehead atoms. The molecule has 0 spiro atoms. The van der Waals surface area contributed by atoms with Crippen molar-refractivity contribution in [3.8, 4) is 0 Å². The van der Waals surface area contributed by atoms with Crippen molar-refractivity contribution in [2.75, 3.05) is 5.32 Å². The van der Waals surface area contributed by atoms with Gasteiger partial charge in [0.15, 0.2) is 11.0 Å². The van der Waals surface area contributed by atoms with Gasteiger partial charge < -0.3 is 15.0 Å². The van der Waals surface area contributed by atoms with Crippen LogP contribution >= 0.6 is 11.3 Å². The second-order valence-corrected chi connectivity index (χ2v) is 5.91. The molecule has 1 unspecified atom stereocenters. The summed E-state index contributed by atoms with van der Waals surface area (Å²) < 4.78 is 1.83. The van der Waals surface area contributed by atoms with Gasteiger partial charge in [-0.2, -0.15) is 0 Å². The highest BCUT2D eigenvalue weighted by Gasteiger charge is 2.29. The molecule has 1 aliphatic rings. The Kier molecular flexibility index (Phi) is 3.39. The van der Waals surface area contributed by atoms with E-state index in [0.29, 0.717) is 13.0 Å². The summed E-state index contributed by atoms with van der Waals surface area (Å²) in [6.07, 6.45) is 4.15. The maximum absolute atomic E-state index is 11.2. The van der Waals surface area contributed by atoms with Crippen LogP contribution in [0.2, 0.25) is 0 Å². The summed E-state index contributed by atoms with van der Waals surface area (Å²) >= 11 is 1.54. The van der Waals surface area contributed by atoms with Crippen molar-refractivity contribution in [3.05, 3.63) is 22.7 Å². The van der Waals surface area contributed by atoms with E-state index >= 15 is 0 Å². The Morgan fingerprint density at radius 2 is 2.50 bits per heavy atom. The lowest BCUT2D eigenvalue weighted by atomic mass is 9.91. The molecule has 0 fully saturated rings. The molecule has 2 N–H and O–H groups in total. The second kappa shape index (κ2) is 5.20. The monoisotopic (exact) mass is 293 g/mol. The summed E-state index contributed by atoms with van der Waals surface area (Å²) in [6, 6.07) is 0. The molecule has 0 aromatic carbocycles. The number of aromatic nitrogens is 4. The second-order valence-electron chi connectivity index (χ2n) is 4.82. The number of rotatable bonds is 4. The third-order valence-electron chi connectivity index (χ3n) is 3.46. The van der Waals surface area contributed by atoms with Gasteiger partial charge in [-0.1, -0.05) is 0 Å². The van der Waals surface area contributed by atoms with Crippen LogP contribution in [0.25, 0.3) is 0 Å². The standard InChI is InChI=1S/C12H15N5O2S/c1-17-6-14-16-9(17)5-13-12-15-10-7(11(18)19)3-2-4-8(10)20-12/h6-7H,2-5H2,1H3,(H,13,15)(H,18,19). The fraction of sp³-hybridized carbons (Fsp3) is 0.500. The summed E-state index contributed by atoms with van der Waals surface area (Å²) in [6.45, 7) is 0.528. The van der Waals surface area contributed by atoms with Gasteiger partial charge in [0.2, 0.25) is 0 Å². The van der Waals surface area contributed by atoms with Gasteiger partial charge in [0.25, 0.3) is 0 Å². The van der Waals surface area contributed by atoms with Gasteiger partial charge in [-0.3, -0.25) is 4.79 Å². The third-order valence-corrected chi connectivity index (χ3v) is 4.54. The Morgan fingerprint density at radius 3 is 3.20 bits per heavy atom. The Morgan fingerprint density at radius 1 is 1.65 bits per heavy atom. The molecule has 20 heavy (non-hydrogen) atoms. The molecule has 2 aromatic heterocycles. The number of aliphatic carboxylic acids is 1. The zero-order chi connectivity index (χ0) is 14.1. The minimum Gasteiger partial charge on any atom is -0.481 e. The Labute approximate surface area is 119 Å². The summed E-state index contributed by atoms with van der Waals surface area (Å²) in [4.78, 5) is 16.8. The molecular weight excluding hydrogens is 278 g/mol. The zero-order valence-electron chi connectivity index (χ0n) is 11.0. The molecule has 8 heteroatoms. The summed E-state index contributed by atoms with van der Waals surface area (Å²) in [7, 11) is 1.88. The van der Waals surface area contributed by atoms with Crippen LogP contribution in [0.4, 0.5) is 5.13 Å². The van der Waals surface area contributed by atoms with Crippen LogP contribution in [0.5, 0.6) is 0 Å². The molecule has 2 heterocycles. The maximum atomic E-state index is 11.2. The first-order valence-corrected chi connectivity index (χ1v) is 7.26. The number of thiazole rings is 1. The predicted octanol–water partition coefficient (Wildman–Crippen LogP) is 1.39. The molecule has 7 nitrogen and oxygen atoms in total. The Hall–Kier alpha value is -1.96. The molecule has 2 aromatic rings. The highest BCUT2D eigenvalue weighted by atomic mass is 32.1. The van der Waals surface area contributed by atoms with Crippen molar-refractivity contribution in [1.29, 1.82) is 0 Å². The van der Waals surface area contributed by atoms with Crippen molar-refractivity contribution in [1.82, 2.24) is 19.7 Å². The molecule has 1 aliphatic carbocycles. The first-order chi connectivity index (χ1) is 9.65. The van der Waals surface area contributed by atoms with Crippen LogP contribution in [0.15, 0.2) is 6.33 Å². The number of fused-ring (bicyclic) bond motifs is 1. The maximum Gasteiger partial charge on any atom is 0.312 e. The average molecular weight is 293 g/mol. The van der Waals surface area contributed by atoms with Gasteiger partial charge in [-0.15, -0.1) is 21.5 Å². The number of carboxylic acids is 1. The van der Waals surface area contributed by atoms with E-state index in [9.17, 15) is 9.90 Å². The molecular formula is C12H15N5O2S. The van der Waals surface area contributed by atoms with Crippen LogP contribution in [0.3, 0.4) is 0 Å². The van der Waals surface area contributed by atoms with Gasteiger partial charge in [-0.25, -0.2) is 4.98 Å². The highest BCUT2D eigenvalue weighted by Crippen LogP contribution is 2.36. The van der Waals surface area contributed by atoms with E-state index in [0.717, 1.165) is 34.4 Å². The fourth-order valence-corrected chi connectivity index (χ4v) is 3.42. The molecule has 0 amide bonds. The van der Waals surface area contributed by atoms with Gasteiger partial charge in [0.1, 0.15) is 12.2 Å². The van der Waals surface area contributed by atoms with E-state index in [1.165, 1.54) is 0 Å². The van der Waals surface area contributed by atoms with E-state index in [-0.39, 0.29) is 0 Å². The van der Waals surface area contributed by atoms with Gasteiger partial charge in [-0.05, 0) is 19.3 Å². The number of hydrogen-bond donors (Lipinski definition) is 2. The largest absolute Gasteiger partial charge is 0.481 e. The van der Waals surface area contributed by atoms with Crippen LogP contribution < -0.4 is 5.32 Å². The van der Waals surface area contributed by atoms with Crippen LogP contribution in [0.1, 0.15) is 35.2 Å². The lowest BCUT2D eigenvalue weighted by Crippen LogP contribution is -2.17. The Balaban J connectivity index is 1.76. The smallest absolute Gasteiger partial charge is 0.312 e. The zero-order valence-corrected chi connectivity index (χ0v) is 11.9. The normalized spacial score (nSPS) is 17.8. The first-order valence-electron chi connectivity index (χ1n) is 6.44. The van der Waals surface area contributed by atoms with E-state index < -0.39 is 11.9 Å². The number of carboxylic acid groups (broad SMARTS) is 1. The van der Waals surface area contributed by atoms with Crippen molar-refractivity contribution < 1.29 is 9.90 Å². The molecule has 1 atom stereocenters. The number of anilines is 1. The fourth-order valence-electron chi connectivity index (χ4n) is 2.36. The summed E-state index contributed by atoms with van der Waals surface area (Å²) in [5, 5.41) is 21.0. The van der Waals surface area contributed by atoms with Crippen molar-refractivity contribution in [3.63, 3.8) is 0 Å². The lowest BCUT2D eigenvalue weighted by Gasteiger charge is -2.16. The average Bonchev–Trinajstić information content (AvgIpc) is 3.01. The molecule has 0 saturated heterocycles. The van der Waals surface area contributed by atoms with Crippen molar-refractivity contribution >= 4 is 22.4 Å². The summed E-state index contributed by atoms with van der Waals surface area (Å²) in [5.41, 5.74) is 0.731. The number of aryl methyl sites for hydroxylation is 2. The minimum atomic E-state index is -0.781. The predicted molar refractivity (Wildman–Crippen MR) is 73.8 cm³/mol. The topological polar surface area (TPSA) is 92.9 Å². The first kappa shape index (κ1) is 13.0. The third kappa shape index (κ3) is 2.38. The number of nitrogens with zero attached hydrogens (tertiary/aromatic N) is 4. The molecule has 106 valence electrons. The molecule has 0 aliphatic heterocycles. The van der Waals surface area contributed by atoms with Crippen molar-refractivity contribution in [2.45, 2.75) is 31.7 Å². The van der Waals surface area contributed by atoms with Crippen molar-refractivity contribution in [2.24, 2.45) is 7.05 Å². The van der Waals surface area contributed by atoms with Gasteiger partial charge in [0, 0.05) is 11.9 Å². The van der Waals surface area contributed by atoms with E-state index in [2.05, 4.69) is 20.5 Å². The van der Waals surface area contributed by atoms with E-state index in [1.54, 1.807) is 17.7 Å². The number of nitrogens with one attached hydrogen (secondary N) is 1. The molecule has 3 rings (SSSR count). The van der Waals surface area contributed by atoms with Crippen LogP contribution in [0, 0.1) is 0 Å². The van der Waals surface area contributed by atoms with Gasteiger partial charge >= 0.3 is 5.97 Å².